The number of alkyl halides is 5. The Morgan fingerprint density at radius 2 is 1.74 bits per heavy atom. The van der Waals surface area contributed by atoms with Crippen molar-refractivity contribution < 1.29 is 36.2 Å². The summed E-state index contributed by atoms with van der Waals surface area (Å²) in [6.45, 7) is -2.93. The number of nitrogens with one attached hydrogen (secondary N) is 1. The van der Waals surface area contributed by atoms with Crippen LogP contribution in [0, 0.1) is 0 Å². The summed E-state index contributed by atoms with van der Waals surface area (Å²) in [4.78, 5) is 11.8. The van der Waals surface area contributed by atoms with Crippen LogP contribution in [0.4, 0.5) is 22.0 Å². The first kappa shape index (κ1) is 20.2. The molecule has 144 valence electrons. The lowest BCUT2D eigenvalue weighted by Crippen LogP contribution is -2.20. The maximum Gasteiger partial charge on any atom is 0.573 e. The molecule has 0 atom stereocenters. The van der Waals surface area contributed by atoms with Gasteiger partial charge in [-0.1, -0.05) is 30.3 Å². The number of amides is 1. The SMILES string of the molecule is O=C(/C=C/c1ccccc1OC(F)F)NCc1ccc(OC(F)(F)F)cc1. The van der Waals surface area contributed by atoms with Crippen molar-refractivity contribution in [3.8, 4) is 11.5 Å². The van der Waals surface area contributed by atoms with Crippen LogP contribution < -0.4 is 14.8 Å². The lowest BCUT2D eigenvalue weighted by atomic mass is 10.2. The topological polar surface area (TPSA) is 47.6 Å². The minimum atomic E-state index is -4.77. The molecule has 1 N–H and O–H groups in total. The van der Waals surface area contributed by atoms with E-state index in [-0.39, 0.29) is 18.0 Å². The summed E-state index contributed by atoms with van der Waals surface area (Å²) in [7, 11) is 0. The van der Waals surface area contributed by atoms with E-state index in [1.807, 2.05) is 0 Å². The standard InChI is InChI=1S/C18H14F5NO3/c19-17(20)26-15-4-2-1-3-13(15)7-10-16(25)24-11-12-5-8-14(9-6-12)27-18(21,22)23/h1-10,17H,11H2,(H,24,25)/b10-7+. The summed E-state index contributed by atoms with van der Waals surface area (Å²) >= 11 is 0. The Hall–Kier alpha value is -3.10. The van der Waals surface area contributed by atoms with E-state index in [4.69, 9.17) is 0 Å². The minimum absolute atomic E-state index is 0.0602. The van der Waals surface area contributed by atoms with Gasteiger partial charge < -0.3 is 14.8 Å². The zero-order chi connectivity index (χ0) is 19.9. The summed E-state index contributed by atoms with van der Waals surface area (Å²) < 4.78 is 69.0. The van der Waals surface area contributed by atoms with Crippen molar-refractivity contribution in [2.24, 2.45) is 0 Å². The molecule has 0 heterocycles. The van der Waals surface area contributed by atoms with Crippen molar-refractivity contribution in [1.82, 2.24) is 5.32 Å². The number of halogens is 5. The van der Waals surface area contributed by atoms with Crippen molar-refractivity contribution in [3.63, 3.8) is 0 Å². The molecule has 0 aliphatic heterocycles. The van der Waals surface area contributed by atoms with Crippen LogP contribution in [0.15, 0.2) is 54.6 Å². The zero-order valence-corrected chi connectivity index (χ0v) is 13.7. The van der Waals surface area contributed by atoms with E-state index < -0.39 is 18.9 Å². The molecular weight excluding hydrogens is 373 g/mol. The molecule has 0 radical (unpaired) electrons. The van der Waals surface area contributed by atoms with Gasteiger partial charge in [0.05, 0.1) is 0 Å². The summed E-state index contributed by atoms with van der Waals surface area (Å²) in [5.41, 5.74) is 0.842. The van der Waals surface area contributed by atoms with Crippen LogP contribution in [-0.2, 0) is 11.3 Å². The number of rotatable bonds is 7. The summed E-state index contributed by atoms with van der Waals surface area (Å²) in [6, 6.07) is 11.0. The lowest BCUT2D eigenvalue weighted by Gasteiger charge is -2.09. The van der Waals surface area contributed by atoms with E-state index in [2.05, 4.69) is 14.8 Å². The molecule has 0 unspecified atom stereocenters. The highest BCUT2D eigenvalue weighted by Crippen LogP contribution is 2.23. The second-order valence-corrected chi connectivity index (χ2v) is 5.16. The van der Waals surface area contributed by atoms with Crippen LogP contribution in [0.2, 0.25) is 0 Å². The first-order chi connectivity index (χ1) is 12.7. The minimum Gasteiger partial charge on any atom is -0.434 e. The van der Waals surface area contributed by atoms with Crippen molar-refractivity contribution >= 4 is 12.0 Å². The Balaban J connectivity index is 1.90. The monoisotopic (exact) mass is 387 g/mol. The van der Waals surface area contributed by atoms with E-state index in [0.717, 1.165) is 18.2 Å². The molecule has 0 bridgehead atoms. The number of carbonyl (C=O) groups excluding carboxylic acids is 1. The van der Waals surface area contributed by atoms with Gasteiger partial charge in [-0.15, -0.1) is 13.2 Å². The second kappa shape index (κ2) is 9.02. The van der Waals surface area contributed by atoms with Crippen LogP contribution in [0.25, 0.3) is 6.08 Å². The summed E-state index contributed by atoms with van der Waals surface area (Å²) in [5.74, 6) is -0.956. The van der Waals surface area contributed by atoms with Crippen LogP contribution in [0.5, 0.6) is 11.5 Å². The highest BCUT2D eigenvalue weighted by atomic mass is 19.4. The van der Waals surface area contributed by atoms with Crippen LogP contribution >= 0.6 is 0 Å². The predicted molar refractivity (Wildman–Crippen MR) is 87.1 cm³/mol. The Morgan fingerprint density at radius 3 is 2.37 bits per heavy atom. The van der Waals surface area contributed by atoms with E-state index in [1.165, 1.54) is 36.4 Å². The average Bonchev–Trinajstić information content (AvgIpc) is 2.58. The highest BCUT2D eigenvalue weighted by molar-refractivity contribution is 5.92. The van der Waals surface area contributed by atoms with Crippen LogP contribution in [0.3, 0.4) is 0 Å². The predicted octanol–water partition coefficient (Wildman–Crippen LogP) is 4.52. The van der Waals surface area contributed by atoms with Gasteiger partial charge in [0.25, 0.3) is 0 Å². The Bertz CT molecular complexity index is 788. The van der Waals surface area contributed by atoms with Gasteiger partial charge in [-0.3, -0.25) is 4.79 Å². The quantitative estimate of drug-likeness (QED) is 0.562. The summed E-state index contributed by atoms with van der Waals surface area (Å²) in [5, 5.41) is 2.52. The molecule has 1 amide bonds. The average molecular weight is 387 g/mol. The third-order valence-corrected chi connectivity index (χ3v) is 3.17. The first-order valence-corrected chi connectivity index (χ1v) is 7.57. The van der Waals surface area contributed by atoms with Crippen LogP contribution in [-0.4, -0.2) is 18.9 Å². The van der Waals surface area contributed by atoms with E-state index >= 15 is 0 Å². The van der Waals surface area contributed by atoms with Gasteiger partial charge in [-0.2, -0.15) is 8.78 Å². The number of hydrogen-bond acceptors (Lipinski definition) is 3. The second-order valence-electron chi connectivity index (χ2n) is 5.16. The first-order valence-electron chi connectivity index (χ1n) is 7.57. The fourth-order valence-corrected chi connectivity index (χ4v) is 2.04. The van der Waals surface area contributed by atoms with Gasteiger partial charge in [-0.25, -0.2) is 0 Å². The molecule has 9 heteroatoms. The largest absolute Gasteiger partial charge is 0.573 e. The number of ether oxygens (including phenoxy) is 2. The van der Waals surface area contributed by atoms with Crippen LogP contribution in [0.1, 0.15) is 11.1 Å². The van der Waals surface area contributed by atoms with E-state index in [9.17, 15) is 26.7 Å². The van der Waals surface area contributed by atoms with Crippen molar-refractivity contribution in [1.29, 1.82) is 0 Å². The molecule has 27 heavy (non-hydrogen) atoms. The van der Waals surface area contributed by atoms with E-state index in [0.29, 0.717) is 11.1 Å². The number of carbonyl (C=O) groups is 1. The molecule has 4 nitrogen and oxygen atoms in total. The fraction of sp³-hybridized carbons (Fsp3) is 0.167. The molecule has 0 spiro atoms. The smallest absolute Gasteiger partial charge is 0.434 e. The molecule has 0 aromatic heterocycles. The maximum absolute atomic E-state index is 12.3. The fourth-order valence-electron chi connectivity index (χ4n) is 2.04. The van der Waals surface area contributed by atoms with Gasteiger partial charge in [0.15, 0.2) is 0 Å². The molecule has 0 aliphatic carbocycles. The number of para-hydroxylation sites is 1. The van der Waals surface area contributed by atoms with Crippen molar-refractivity contribution in [2.45, 2.75) is 19.5 Å². The van der Waals surface area contributed by atoms with Gasteiger partial charge in [0.2, 0.25) is 5.91 Å². The van der Waals surface area contributed by atoms with Gasteiger partial charge >= 0.3 is 13.0 Å². The van der Waals surface area contributed by atoms with Crippen molar-refractivity contribution in [2.75, 3.05) is 0 Å². The maximum atomic E-state index is 12.3. The molecule has 0 saturated carbocycles. The van der Waals surface area contributed by atoms with Crippen molar-refractivity contribution in [3.05, 3.63) is 65.7 Å². The Kier molecular flexibility index (Phi) is 6.75. The third-order valence-electron chi connectivity index (χ3n) is 3.17. The molecular formula is C18H14F5NO3. The Labute approximate surface area is 151 Å². The molecule has 2 rings (SSSR count). The van der Waals surface area contributed by atoms with E-state index in [1.54, 1.807) is 6.07 Å². The molecule has 2 aromatic carbocycles. The Morgan fingerprint density at radius 1 is 1.07 bits per heavy atom. The van der Waals surface area contributed by atoms with Gasteiger partial charge in [0.1, 0.15) is 11.5 Å². The molecule has 0 fully saturated rings. The normalized spacial score (nSPS) is 11.6. The lowest BCUT2D eigenvalue weighted by molar-refractivity contribution is -0.274. The number of hydrogen-bond donors (Lipinski definition) is 1. The van der Waals surface area contributed by atoms with Gasteiger partial charge in [-0.05, 0) is 29.8 Å². The molecule has 0 aliphatic rings. The molecule has 2 aromatic rings. The summed E-state index contributed by atoms with van der Waals surface area (Å²) in [6.07, 6.45) is -2.33. The zero-order valence-electron chi connectivity index (χ0n) is 13.7. The molecule has 0 saturated heterocycles. The third kappa shape index (κ3) is 7.35. The number of benzene rings is 2. The van der Waals surface area contributed by atoms with Gasteiger partial charge in [0, 0.05) is 18.2 Å². The highest BCUT2D eigenvalue weighted by Gasteiger charge is 2.30.